The number of aryl methyl sites for hydroxylation is 1. The first-order chi connectivity index (χ1) is 12.5. The standard InChI is InChI=1S/C21H23NO3S/c1-16-7-9-19(10-8-16)26(24,25)22-20(17-5-3-2-4-6-17)15-18-11-12-21(18,22)13-14-23/h2-10,14,18,20H,11-13,15H2,1H3/t18-,20+,21+/m0/s1. The molecule has 1 heterocycles. The SMILES string of the molecule is Cc1ccc(S(=O)(=O)N2[C@@H](c3ccccc3)C[C@@H]3CC[C@@]32CC=O)cc1. The molecule has 0 spiro atoms. The summed E-state index contributed by atoms with van der Waals surface area (Å²) < 4.78 is 28.9. The van der Waals surface area contributed by atoms with Gasteiger partial charge in [0.15, 0.2) is 0 Å². The van der Waals surface area contributed by atoms with Gasteiger partial charge < -0.3 is 4.79 Å². The number of hydrogen-bond donors (Lipinski definition) is 0. The van der Waals surface area contributed by atoms with Gasteiger partial charge >= 0.3 is 0 Å². The highest BCUT2D eigenvalue weighted by molar-refractivity contribution is 7.89. The number of hydrogen-bond acceptors (Lipinski definition) is 3. The van der Waals surface area contributed by atoms with Crippen molar-refractivity contribution in [2.24, 2.45) is 5.92 Å². The molecule has 1 saturated heterocycles. The van der Waals surface area contributed by atoms with E-state index in [1.807, 2.05) is 49.4 Å². The smallest absolute Gasteiger partial charge is 0.244 e. The predicted molar refractivity (Wildman–Crippen MR) is 100 cm³/mol. The van der Waals surface area contributed by atoms with E-state index in [0.717, 1.165) is 36.7 Å². The van der Waals surface area contributed by atoms with E-state index in [9.17, 15) is 13.2 Å². The molecule has 2 aliphatic rings. The highest BCUT2D eigenvalue weighted by Crippen LogP contribution is 2.60. The van der Waals surface area contributed by atoms with Gasteiger partial charge in [0.25, 0.3) is 0 Å². The molecule has 1 aliphatic carbocycles. The first-order valence-electron chi connectivity index (χ1n) is 9.09. The Hall–Kier alpha value is -1.98. The number of carbonyl (C=O) groups excluding carboxylic acids is 1. The Labute approximate surface area is 154 Å². The lowest BCUT2D eigenvalue weighted by atomic mass is 9.66. The summed E-state index contributed by atoms with van der Waals surface area (Å²) in [4.78, 5) is 11.7. The number of carbonyl (C=O) groups is 1. The summed E-state index contributed by atoms with van der Waals surface area (Å²) in [5.74, 6) is 0.248. The van der Waals surface area contributed by atoms with E-state index in [1.54, 1.807) is 16.4 Å². The van der Waals surface area contributed by atoms with Crippen molar-refractivity contribution in [3.8, 4) is 0 Å². The highest BCUT2D eigenvalue weighted by Gasteiger charge is 2.62. The largest absolute Gasteiger partial charge is 0.303 e. The molecule has 0 radical (unpaired) electrons. The van der Waals surface area contributed by atoms with E-state index in [4.69, 9.17) is 0 Å². The van der Waals surface area contributed by atoms with Crippen LogP contribution < -0.4 is 0 Å². The topological polar surface area (TPSA) is 54.5 Å². The predicted octanol–water partition coefficient (Wildman–Crippen LogP) is 3.87. The molecule has 0 bridgehead atoms. The Balaban J connectivity index is 1.84. The molecule has 2 aromatic rings. The summed E-state index contributed by atoms with van der Waals surface area (Å²) in [6.45, 7) is 1.94. The molecule has 0 N–H and O–H groups in total. The van der Waals surface area contributed by atoms with Gasteiger partial charge in [0.2, 0.25) is 10.0 Å². The number of aldehydes is 1. The summed E-state index contributed by atoms with van der Waals surface area (Å²) in [5, 5.41) is 0. The molecular formula is C21H23NO3S. The minimum absolute atomic E-state index is 0.213. The van der Waals surface area contributed by atoms with Crippen LogP contribution in [-0.2, 0) is 14.8 Å². The van der Waals surface area contributed by atoms with Gasteiger partial charge in [-0.3, -0.25) is 0 Å². The van der Waals surface area contributed by atoms with Gasteiger partial charge in [0.1, 0.15) is 6.29 Å². The van der Waals surface area contributed by atoms with E-state index < -0.39 is 15.6 Å². The molecule has 4 nitrogen and oxygen atoms in total. The lowest BCUT2D eigenvalue weighted by Gasteiger charge is -2.49. The lowest BCUT2D eigenvalue weighted by Crippen LogP contribution is -2.56. The van der Waals surface area contributed by atoms with E-state index in [0.29, 0.717) is 4.90 Å². The number of sulfonamides is 1. The van der Waals surface area contributed by atoms with Crippen LogP contribution in [0, 0.1) is 12.8 Å². The fourth-order valence-corrected chi connectivity index (χ4v) is 6.71. The first kappa shape index (κ1) is 17.4. The molecule has 0 aromatic heterocycles. The second-order valence-corrected chi connectivity index (χ2v) is 9.30. The average molecular weight is 369 g/mol. The quantitative estimate of drug-likeness (QED) is 0.752. The molecule has 0 unspecified atom stereocenters. The second kappa shape index (κ2) is 6.32. The van der Waals surface area contributed by atoms with E-state index in [2.05, 4.69) is 0 Å². The number of benzene rings is 2. The van der Waals surface area contributed by atoms with Crippen molar-refractivity contribution in [2.75, 3.05) is 0 Å². The van der Waals surface area contributed by atoms with E-state index in [-0.39, 0.29) is 18.4 Å². The summed E-state index contributed by atoms with van der Waals surface area (Å²) in [5.41, 5.74) is 1.46. The van der Waals surface area contributed by atoms with Gasteiger partial charge in [-0.05, 0) is 49.8 Å². The van der Waals surface area contributed by atoms with Crippen LogP contribution in [0.4, 0.5) is 0 Å². The molecule has 0 amide bonds. The first-order valence-corrected chi connectivity index (χ1v) is 10.5. The van der Waals surface area contributed by atoms with Gasteiger partial charge in [-0.25, -0.2) is 8.42 Å². The zero-order chi connectivity index (χ0) is 18.4. The van der Waals surface area contributed by atoms with Crippen LogP contribution in [0.25, 0.3) is 0 Å². The average Bonchev–Trinajstić information content (AvgIpc) is 2.85. The van der Waals surface area contributed by atoms with E-state index >= 15 is 0 Å². The van der Waals surface area contributed by atoms with Gasteiger partial charge in [-0.15, -0.1) is 0 Å². The van der Waals surface area contributed by atoms with Gasteiger partial charge in [0, 0.05) is 12.0 Å². The van der Waals surface area contributed by atoms with Crippen molar-refractivity contribution in [1.82, 2.24) is 4.31 Å². The van der Waals surface area contributed by atoms with Crippen LogP contribution >= 0.6 is 0 Å². The van der Waals surface area contributed by atoms with Crippen molar-refractivity contribution in [3.63, 3.8) is 0 Å². The van der Waals surface area contributed by atoms with Gasteiger partial charge in [0.05, 0.1) is 10.9 Å². The highest BCUT2D eigenvalue weighted by atomic mass is 32.2. The third-order valence-corrected chi connectivity index (χ3v) is 8.12. The Morgan fingerprint density at radius 2 is 1.81 bits per heavy atom. The molecule has 136 valence electrons. The van der Waals surface area contributed by atoms with Crippen molar-refractivity contribution in [2.45, 2.75) is 49.1 Å². The van der Waals surface area contributed by atoms with Crippen molar-refractivity contribution in [3.05, 3.63) is 65.7 Å². The molecule has 5 heteroatoms. The molecular weight excluding hydrogens is 346 g/mol. The Morgan fingerprint density at radius 3 is 2.38 bits per heavy atom. The third-order valence-electron chi connectivity index (χ3n) is 6.11. The third kappa shape index (κ3) is 2.53. The van der Waals surface area contributed by atoms with Crippen molar-refractivity contribution >= 4 is 16.3 Å². The molecule has 26 heavy (non-hydrogen) atoms. The Bertz CT molecular complexity index is 908. The number of nitrogens with zero attached hydrogens (tertiary/aromatic N) is 1. The number of rotatable bonds is 5. The number of fused-ring (bicyclic) bond motifs is 1. The van der Waals surface area contributed by atoms with Gasteiger partial charge in [-0.1, -0.05) is 48.0 Å². The summed E-state index contributed by atoms with van der Waals surface area (Å²) in [6.07, 6.45) is 3.67. The fourth-order valence-electron chi connectivity index (χ4n) is 4.66. The molecule has 4 rings (SSSR count). The van der Waals surface area contributed by atoms with Crippen LogP contribution in [0.1, 0.15) is 42.9 Å². The Morgan fingerprint density at radius 1 is 1.12 bits per heavy atom. The van der Waals surface area contributed by atoms with Gasteiger partial charge in [-0.2, -0.15) is 4.31 Å². The van der Waals surface area contributed by atoms with Crippen molar-refractivity contribution in [1.29, 1.82) is 0 Å². The van der Waals surface area contributed by atoms with Crippen molar-refractivity contribution < 1.29 is 13.2 Å². The Kier molecular flexibility index (Phi) is 4.24. The molecule has 3 atom stereocenters. The van der Waals surface area contributed by atoms with Crippen LogP contribution in [0.3, 0.4) is 0 Å². The zero-order valence-corrected chi connectivity index (χ0v) is 15.7. The fraction of sp³-hybridized carbons (Fsp3) is 0.381. The maximum atomic E-state index is 13.6. The summed E-state index contributed by atoms with van der Waals surface area (Å²) >= 11 is 0. The lowest BCUT2D eigenvalue weighted by molar-refractivity contribution is -0.111. The molecule has 2 fully saturated rings. The van der Waals surface area contributed by atoms with E-state index in [1.165, 1.54) is 0 Å². The summed E-state index contributed by atoms with van der Waals surface area (Å²) in [6, 6.07) is 16.6. The van der Waals surface area contributed by atoms with Crippen LogP contribution in [0.5, 0.6) is 0 Å². The minimum Gasteiger partial charge on any atom is -0.303 e. The molecule has 1 saturated carbocycles. The van der Waals surface area contributed by atoms with Crippen LogP contribution in [-0.4, -0.2) is 24.5 Å². The summed E-state index contributed by atoms with van der Waals surface area (Å²) in [7, 11) is -3.69. The minimum atomic E-state index is -3.69. The normalized spacial score (nSPS) is 28.3. The zero-order valence-electron chi connectivity index (χ0n) is 14.8. The second-order valence-electron chi connectivity index (χ2n) is 7.49. The van der Waals surface area contributed by atoms with Crippen LogP contribution in [0.2, 0.25) is 0 Å². The monoisotopic (exact) mass is 369 g/mol. The molecule has 2 aromatic carbocycles. The maximum Gasteiger partial charge on any atom is 0.244 e. The maximum absolute atomic E-state index is 13.6. The molecule has 1 aliphatic heterocycles. The van der Waals surface area contributed by atoms with Crippen LogP contribution in [0.15, 0.2) is 59.5 Å².